The number of unbranched alkanes of at least 4 members (excludes halogenated alkanes) is 2. The maximum absolute atomic E-state index is 11.9. The lowest BCUT2D eigenvalue weighted by Gasteiger charge is -2.26. The van der Waals surface area contributed by atoms with Crippen molar-refractivity contribution < 1.29 is 9.53 Å². The molecule has 0 aliphatic rings. The summed E-state index contributed by atoms with van der Waals surface area (Å²) in [5.74, 6) is 0. The summed E-state index contributed by atoms with van der Waals surface area (Å²) in [5, 5.41) is 6.34. The third-order valence-electron chi connectivity index (χ3n) is 3.54. The Balaban J connectivity index is 2.18. The zero-order valence-corrected chi connectivity index (χ0v) is 14.2. The predicted molar refractivity (Wildman–Crippen MR) is 90.9 cm³/mol. The first-order valence-electron chi connectivity index (χ1n) is 8.23. The Hall–Kier alpha value is -1.55. The highest BCUT2D eigenvalue weighted by Crippen LogP contribution is 2.08. The van der Waals surface area contributed by atoms with Gasteiger partial charge in [0.05, 0.1) is 0 Å². The monoisotopic (exact) mass is 306 g/mol. The fourth-order valence-corrected chi connectivity index (χ4v) is 2.12. The Morgan fingerprint density at radius 1 is 1.14 bits per heavy atom. The van der Waals surface area contributed by atoms with Crippen LogP contribution in [0.1, 0.15) is 52.0 Å². The van der Waals surface area contributed by atoms with Crippen LogP contribution < -0.4 is 10.6 Å². The lowest BCUT2D eigenvalue weighted by Crippen LogP contribution is -2.45. The number of ether oxygens (including phenoxy) is 1. The molecule has 0 unspecified atom stereocenters. The van der Waals surface area contributed by atoms with Gasteiger partial charge in [0.2, 0.25) is 0 Å². The van der Waals surface area contributed by atoms with Crippen molar-refractivity contribution in [3.8, 4) is 0 Å². The van der Waals surface area contributed by atoms with Crippen LogP contribution in [0.25, 0.3) is 0 Å². The number of amides is 1. The molecule has 124 valence electrons. The second-order valence-electron chi connectivity index (χ2n) is 6.28. The molecule has 0 fully saturated rings. The number of rotatable bonds is 10. The van der Waals surface area contributed by atoms with Crippen LogP contribution in [0, 0.1) is 0 Å². The number of carbonyl (C=O) groups excluding carboxylic acids is 1. The molecule has 4 heteroatoms. The maximum atomic E-state index is 11.9. The van der Waals surface area contributed by atoms with Crippen LogP contribution in [0.15, 0.2) is 30.3 Å². The second-order valence-corrected chi connectivity index (χ2v) is 6.28. The molecule has 22 heavy (non-hydrogen) atoms. The number of alkyl carbamates (subject to hydrolysis) is 1. The van der Waals surface area contributed by atoms with Gasteiger partial charge < -0.3 is 15.4 Å². The van der Waals surface area contributed by atoms with Gasteiger partial charge in [0.25, 0.3) is 0 Å². The van der Waals surface area contributed by atoms with E-state index in [0.29, 0.717) is 6.61 Å². The second kappa shape index (κ2) is 10.2. The molecule has 1 amide bonds. The number of nitrogens with one attached hydrogen (secondary N) is 2. The molecule has 2 N–H and O–H groups in total. The van der Waals surface area contributed by atoms with Gasteiger partial charge in [-0.3, -0.25) is 0 Å². The van der Waals surface area contributed by atoms with Crippen LogP contribution in [-0.2, 0) is 11.3 Å². The van der Waals surface area contributed by atoms with E-state index in [0.717, 1.165) is 25.1 Å². The SMILES string of the molecule is CCCCCNCCC(C)(C)NC(=O)OCc1ccccc1. The Labute approximate surface area is 134 Å². The molecule has 0 aromatic heterocycles. The summed E-state index contributed by atoms with van der Waals surface area (Å²) >= 11 is 0. The largest absolute Gasteiger partial charge is 0.445 e. The van der Waals surface area contributed by atoms with Gasteiger partial charge in [0.1, 0.15) is 6.61 Å². The average Bonchev–Trinajstić information content (AvgIpc) is 2.49. The fourth-order valence-electron chi connectivity index (χ4n) is 2.12. The van der Waals surface area contributed by atoms with Gasteiger partial charge >= 0.3 is 6.09 Å². The third kappa shape index (κ3) is 8.67. The van der Waals surface area contributed by atoms with E-state index in [4.69, 9.17) is 4.74 Å². The van der Waals surface area contributed by atoms with E-state index in [9.17, 15) is 4.79 Å². The van der Waals surface area contributed by atoms with Gasteiger partial charge in [-0.2, -0.15) is 0 Å². The Morgan fingerprint density at radius 2 is 1.86 bits per heavy atom. The molecule has 1 aromatic carbocycles. The van der Waals surface area contributed by atoms with Crippen molar-refractivity contribution in [3.05, 3.63) is 35.9 Å². The van der Waals surface area contributed by atoms with Crippen LogP contribution in [0.4, 0.5) is 4.79 Å². The summed E-state index contributed by atoms with van der Waals surface area (Å²) in [5.41, 5.74) is 0.721. The van der Waals surface area contributed by atoms with Crippen molar-refractivity contribution in [1.82, 2.24) is 10.6 Å². The Bertz CT molecular complexity index is 418. The van der Waals surface area contributed by atoms with Crippen LogP contribution in [0.5, 0.6) is 0 Å². The van der Waals surface area contributed by atoms with Crippen LogP contribution in [0.2, 0.25) is 0 Å². The number of benzene rings is 1. The molecule has 0 aliphatic heterocycles. The predicted octanol–water partition coefficient (Wildman–Crippen LogP) is 3.86. The van der Waals surface area contributed by atoms with E-state index < -0.39 is 0 Å². The zero-order chi connectivity index (χ0) is 16.3. The average molecular weight is 306 g/mol. The molecular formula is C18H30N2O2. The number of carbonyl (C=O) groups is 1. The highest BCUT2D eigenvalue weighted by molar-refractivity contribution is 5.68. The molecule has 0 saturated carbocycles. The molecule has 0 heterocycles. The summed E-state index contributed by atoms with van der Waals surface area (Å²) in [6.45, 7) is 8.49. The molecule has 0 saturated heterocycles. The normalized spacial score (nSPS) is 11.2. The van der Waals surface area contributed by atoms with Crippen molar-refractivity contribution in [1.29, 1.82) is 0 Å². The topological polar surface area (TPSA) is 50.4 Å². The number of hydrogen-bond donors (Lipinski definition) is 2. The molecule has 0 radical (unpaired) electrons. The van der Waals surface area contributed by atoms with Gasteiger partial charge in [0, 0.05) is 5.54 Å². The molecule has 0 bridgehead atoms. The summed E-state index contributed by atoms with van der Waals surface area (Å²) in [7, 11) is 0. The van der Waals surface area contributed by atoms with Crippen LogP contribution in [0.3, 0.4) is 0 Å². The Morgan fingerprint density at radius 3 is 2.55 bits per heavy atom. The fraction of sp³-hybridized carbons (Fsp3) is 0.611. The quantitative estimate of drug-likeness (QED) is 0.645. The van der Waals surface area contributed by atoms with Crippen molar-refractivity contribution >= 4 is 6.09 Å². The smallest absolute Gasteiger partial charge is 0.407 e. The highest BCUT2D eigenvalue weighted by atomic mass is 16.5. The van der Waals surface area contributed by atoms with Crippen molar-refractivity contribution in [2.24, 2.45) is 0 Å². The first kappa shape index (κ1) is 18.5. The summed E-state index contributed by atoms with van der Waals surface area (Å²) in [6.07, 6.45) is 4.23. The first-order chi connectivity index (χ1) is 10.5. The Kier molecular flexibility index (Phi) is 8.60. The minimum absolute atomic E-state index is 0.272. The summed E-state index contributed by atoms with van der Waals surface area (Å²) in [4.78, 5) is 11.9. The molecule has 1 aromatic rings. The zero-order valence-electron chi connectivity index (χ0n) is 14.2. The highest BCUT2D eigenvalue weighted by Gasteiger charge is 2.20. The maximum Gasteiger partial charge on any atom is 0.407 e. The van der Waals surface area contributed by atoms with Gasteiger partial charge in [-0.05, 0) is 45.3 Å². The van der Waals surface area contributed by atoms with Crippen molar-refractivity contribution in [2.45, 2.75) is 58.6 Å². The van der Waals surface area contributed by atoms with E-state index in [1.165, 1.54) is 19.3 Å². The molecular weight excluding hydrogens is 276 g/mol. The molecule has 4 nitrogen and oxygen atoms in total. The van der Waals surface area contributed by atoms with Gasteiger partial charge in [-0.25, -0.2) is 4.79 Å². The van der Waals surface area contributed by atoms with E-state index >= 15 is 0 Å². The molecule has 0 spiro atoms. The first-order valence-corrected chi connectivity index (χ1v) is 8.23. The lowest BCUT2D eigenvalue weighted by molar-refractivity contribution is 0.128. The molecule has 1 rings (SSSR count). The molecule has 0 atom stereocenters. The van der Waals surface area contributed by atoms with Gasteiger partial charge in [-0.1, -0.05) is 50.1 Å². The summed E-state index contributed by atoms with van der Waals surface area (Å²) in [6, 6.07) is 9.70. The van der Waals surface area contributed by atoms with E-state index in [1.807, 2.05) is 44.2 Å². The van der Waals surface area contributed by atoms with Gasteiger partial charge in [0.15, 0.2) is 0 Å². The van der Waals surface area contributed by atoms with Crippen LogP contribution in [-0.4, -0.2) is 24.7 Å². The van der Waals surface area contributed by atoms with Crippen molar-refractivity contribution in [3.63, 3.8) is 0 Å². The lowest BCUT2D eigenvalue weighted by atomic mass is 10.0. The minimum Gasteiger partial charge on any atom is -0.445 e. The standard InChI is InChI=1S/C18H30N2O2/c1-4-5-9-13-19-14-12-18(2,3)20-17(21)22-15-16-10-7-6-8-11-16/h6-8,10-11,19H,4-5,9,12-15H2,1-3H3,(H,20,21). The summed E-state index contributed by atoms with van der Waals surface area (Å²) < 4.78 is 5.25. The minimum atomic E-state index is -0.361. The molecule has 0 aliphatic carbocycles. The van der Waals surface area contributed by atoms with Crippen LogP contribution >= 0.6 is 0 Å². The van der Waals surface area contributed by atoms with E-state index in [2.05, 4.69) is 17.6 Å². The number of hydrogen-bond acceptors (Lipinski definition) is 3. The van der Waals surface area contributed by atoms with Gasteiger partial charge in [-0.15, -0.1) is 0 Å². The third-order valence-corrected chi connectivity index (χ3v) is 3.54. The van der Waals surface area contributed by atoms with E-state index in [-0.39, 0.29) is 11.6 Å². The van der Waals surface area contributed by atoms with E-state index in [1.54, 1.807) is 0 Å². The van der Waals surface area contributed by atoms with Crippen molar-refractivity contribution in [2.75, 3.05) is 13.1 Å².